The SMILES string of the molecule is CC\C=C/C=C\C=C/C=C\C=C/CCCC(=O)OC(COC(=O)CCCCCCCCC/C=C\C/C=C\CC)COC(=O)CCCCCCCCCCCCC. The first-order valence-electron chi connectivity index (χ1n) is 22.7. The molecule has 0 aliphatic carbocycles. The summed E-state index contributed by atoms with van der Waals surface area (Å²) in [6, 6.07) is 0. The van der Waals surface area contributed by atoms with Gasteiger partial charge in [-0.3, -0.25) is 14.4 Å². The van der Waals surface area contributed by atoms with Gasteiger partial charge in [0, 0.05) is 19.3 Å². The van der Waals surface area contributed by atoms with Gasteiger partial charge in [-0.2, -0.15) is 0 Å². The third kappa shape index (κ3) is 41.7. The molecule has 0 N–H and O–H groups in total. The molecular weight excluding hydrogens is 697 g/mol. The zero-order chi connectivity index (χ0) is 40.8. The van der Waals surface area contributed by atoms with E-state index >= 15 is 0 Å². The van der Waals surface area contributed by atoms with Crippen LogP contribution in [0.25, 0.3) is 0 Å². The molecule has 0 aliphatic heterocycles. The Morgan fingerprint density at radius 2 is 0.804 bits per heavy atom. The number of hydrogen-bond acceptors (Lipinski definition) is 6. The summed E-state index contributed by atoms with van der Waals surface area (Å²) >= 11 is 0. The van der Waals surface area contributed by atoms with Crippen LogP contribution in [0, 0.1) is 0 Å². The molecule has 6 nitrogen and oxygen atoms in total. The van der Waals surface area contributed by atoms with Crippen molar-refractivity contribution in [3.8, 4) is 0 Å². The molecule has 56 heavy (non-hydrogen) atoms. The number of hydrogen-bond donors (Lipinski definition) is 0. The molecule has 0 bridgehead atoms. The van der Waals surface area contributed by atoms with Gasteiger partial charge in [-0.05, 0) is 57.8 Å². The second-order valence-electron chi connectivity index (χ2n) is 14.7. The van der Waals surface area contributed by atoms with Crippen LogP contribution in [-0.4, -0.2) is 37.2 Å². The Morgan fingerprint density at radius 1 is 0.393 bits per heavy atom. The summed E-state index contributed by atoms with van der Waals surface area (Å²) in [4.78, 5) is 37.7. The van der Waals surface area contributed by atoms with Crippen LogP contribution < -0.4 is 0 Å². The summed E-state index contributed by atoms with van der Waals surface area (Å²) in [7, 11) is 0. The van der Waals surface area contributed by atoms with Crippen molar-refractivity contribution in [3.05, 3.63) is 85.1 Å². The van der Waals surface area contributed by atoms with Crippen LogP contribution in [-0.2, 0) is 28.6 Å². The number of carbonyl (C=O) groups is 3. The molecular formula is C50H82O6. The highest BCUT2D eigenvalue weighted by atomic mass is 16.6. The number of unbranched alkanes of at least 4 members (excludes halogenated alkanes) is 18. The van der Waals surface area contributed by atoms with Crippen molar-refractivity contribution in [3.63, 3.8) is 0 Å². The van der Waals surface area contributed by atoms with Crippen molar-refractivity contribution in [1.82, 2.24) is 0 Å². The molecule has 0 aliphatic rings. The molecule has 0 saturated heterocycles. The number of rotatable bonds is 39. The van der Waals surface area contributed by atoms with Gasteiger partial charge in [0.15, 0.2) is 6.10 Å². The fraction of sp³-hybridized carbons (Fsp3) is 0.660. The molecule has 0 radical (unpaired) electrons. The van der Waals surface area contributed by atoms with E-state index in [1.165, 1.54) is 77.0 Å². The van der Waals surface area contributed by atoms with Gasteiger partial charge in [0.05, 0.1) is 0 Å². The normalized spacial score (nSPS) is 12.8. The minimum absolute atomic E-state index is 0.107. The lowest BCUT2D eigenvalue weighted by Crippen LogP contribution is -2.30. The van der Waals surface area contributed by atoms with Gasteiger partial charge in [0.1, 0.15) is 13.2 Å². The fourth-order valence-electron chi connectivity index (χ4n) is 5.92. The van der Waals surface area contributed by atoms with Crippen molar-refractivity contribution in [2.45, 2.75) is 200 Å². The zero-order valence-electron chi connectivity index (χ0n) is 36.1. The van der Waals surface area contributed by atoms with Crippen LogP contribution in [0.5, 0.6) is 0 Å². The minimum Gasteiger partial charge on any atom is -0.462 e. The van der Waals surface area contributed by atoms with Crippen LogP contribution in [0.3, 0.4) is 0 Å². The van der Waals surface area contributed by atoms with E-state index in [0.29, 0.717) is 19.3 Å². The lowest BCUT2D eigenvalue weighted by Gasteiger charge is -2.18. The van der Waals surface area contributed by atoms with E-state index < -0.39 is 6.10 Å². The summed E-state index contributed by atoms with van der Waals surface area (Å²) in [5, 5.41) is 0. The zero-order valence-corrected chi connectivity index (χ0v) is 36.1. The third-order valence-electron chi connectivity index (χ3n) is 9.27. The van der Waals surface area contributed by atoms with Crippen molar-refractivity contribution in [1.29, 1.82) is 0 Å². The maximum absolute atomic E-state index is 12.7. The topological polar surface area (TPSA) is 78.9 Å². The quantitative estimate of drug-likeness (QED) is 0.0203. The van der Waals surface area contributed by atoms with Gasteiger partial charge in [-0.25, -0.2) is 0 Å². The summed E-state index contributed by atoms with van der Waals surface area (Å²) in [5.41, 5.74) is 0. The molecule has 0 aromatic carbocycles. The first kappa shape index (κ1) is 52.6. The predicted molar refractivity (Wildman–Crippen MR) is 237 cm³/mol. The van der Waals surface area contributed by atoms with Crippen LogP contribution in [0.2, 0.25) is 0 Å². The Kier molecular flexibility index (Phi) is 41.6. The summed E-state index contributed by atoms with van der Waals surface area (Å²) in [6.45, 7) is 6.29. The molecule has 0 saturated carbocycles. The molecule has 1 atom stereocenters. The number of esters is 3. The molecule has 1 unspecified atom stereocenters. The Morgan fingerprint density at radius 3 is 1.32 bits per heavy atom. The summed E-state index contributed by atoms with van der Waals surface area (Å²) < 4.78 is 16.6. The Bertz CT molecular complexity index is 1120. The second kappa shape index (κ2) is 44.3. The van der Waals surface area contributed by atoms with E-state index in [1.807, 2.05) is 54.7 Å². The molecule has 0 heterocycles. The average molecular weight is 779 g/mol. The van der Waals surface area contributed by atoms with E-state index in [2.05, 4.69) is 51.2 Å². The lowest BCUT2D eigenvalue weighted by molar-refractivity contribution is -0.167. The molecule has 6 heteroatoms. The van der Waals surface area contributed by atoms with E-state index in [-0.39, 0.29) is 37.5 Å². The maximum Gasteiger partial charge on any atom is 0.306 e. The van der Waals surface area contributed by atoms with Crippen molar-refractivity contribution in [2.24, 2.45) is 0 Å². The monoisotopic (exact) mass is 779 g/mol. The molecule has 0 amide bonds. The van der Waals surface area contributed by atoms with Crippen LogP contribution in [0.4, 0.5) is 0 Å². The van der Waals surface area contributed by atoms with Gasteiger partial charge in [-0.1, -0.05) is 202 Å². The van der Waals surface area contributed by atoms with Gasteiger partial charge >= 0.3 is 17.9 Å². The average Bonchev–Trinajstić information content (AvgIpc) is 3.19. The van der Waals surface area contributed by atoms with Crippen molar-refractivity contribution < 1.29 is 28.6 Å². The molecule has 0 spiro atoms. The number of carbonyl (C=O) groups excluding carboxylic acids is 3. The van der Waals surface area contributed by atoms with Crippen LogP contribution >= 0.6 is 0 Å². The largest absolute Gasteiger partial charge is 0.462 e. The molecule has 0 aromatic heterocycles. The standard InChI is InChI=1S/C50H82O6/c1-4-7-10-13-16-19-22-24-26-28-31-34-37-40-43-49(52)55-46-47(45-54-48(51)42-39-36-33-30-27-21-18-15-12-9-6-3)56-50(53)44-41-38-35-32-29-25-23-20-17-14-11-8-5-2/h7-8,10-11,14,16-17,19-20,23,25,29,32,35,47H,4-6,9,12-13,15,18,21-22,24,26-28,30-31,33-34,36-46H2,1-3H3/b10-7-,11-8-,17-14-,19-16-,23-20-,29-25-,35-32-. The Labute approximate surface area is 344 Å². The second-order valence-corrected chi connectivity index (χ2v) is 14.7. The predicted octanol–water partition coefficient (Wildman–Crippen LogP) is 14.5. The molecule has 318 valence electrons. The van der Waals surface area contributed by atoms with Crippen LogP contribution in [0.15, 0.2) is 85.1 Å². The van der Waals surface area contributed by atoms with Crippen molar-refractivity contribution in [2.75, 3.05) is 13.2 Å². The van der Waals surface area contributed by atoms with E-state index in [9.17, 15) is 14.4 Å². The summed E-state index contributed by atoms with van der Waals surface area (Å²) in [6.07, 6.45) is 55.7. The smallest absolute Gasteiger partial charge is 0.306 e. The highest BCUT2D eigenvalue weighted by Crippen LogP contribution is 2.14. The van der Waals surface area contributed by atoms with Crippen LogP contribution in [0.1, 0.15) is 194 Å². The van der Waals surface area contributed by atoms with E-state index in [4.69, 9.17) is 14.2 Å². The highest BCUT2D eigenvalue weighted by molar-refractivity contribution is 5.71. The summed E-state index contributed by atoms with van der Waals surface area (Å²) in [5.74, 6) is -0.998. The highest BCUT2D eigenvalue weighted by Gasteiger charge is 2.19. The van der Waals surface area contributed by atoms with Gasteiger partial charge < -0.3 is 14.2 Å². The molecule has 0 rings (SSSR count). The van der Waals surface area contributed by atoms with Gasteiger partial charge in [-0.15, -0.1) is 0 Å². The first-order valence-corrected chi connectivity index (χ1v) is 22.7. The first-order chi connectivity index (χ1) is 27.5. The van der Waals surface area contributed by atoms with E-state index in [0.717, 1.165) is 70.6 Å². The number of ether oxygens (including phenoxy) is 3. The third-order valence-corrected chi connectivity index (χ3v) is 9.27. The van der Waals surface area contributed by atoms with Crippen molar-refractivity contribution >= 4 is 17.9 Å². The van der Waals surface area contributed by atoms with Gasteiger partial charge in [0.25, 0.3) is 0 Å². The molecule has 0 fully saturated rings. The Balaban J connectivity index is 4.51. The molecule has 0 aromatic rings. The fourth-order valence-corrected chi connectivity index (χ4v) is 5.92. The number of allylic oxidation sites excluding steroid dienone is 14. The van der Waals surface area contributed by atoms with E-state index in [1.54, 1.807) is 0 Å². The lowest BCUT2D eigenvalue weighted by atomic mass is 10.1. The maximum atomic E-state index is 12.7. The minimum atomic E-state index is -0.813. The van der Waals surface area contributed by atoms with Gasteiger partial charge in [0.2, 0.25) is 0 Å². The Hall–Kier alpha value is -3.41.